The second-order valence-corrected chi connectivity index (χ2v) is 4.38. The molecule has 2 aromatic carbocycles. The van der Waals surface area contributed by atoms with E-state index in [1.807, 2.05) is 0 Å². The quantitative estimate of drug-likeness (QED) is 0.895. The van der Waals surface area contributed by atoms with E-state index in [1.54, 1.807) is 12.1 Å². The van der Waals surface area contributed by atoms with Crippen molar-refractivity contribution in [1.82, 2.24) is 0 Å². The van der Waals surface area contributed by atoms with Crippen LogP contribution in [0.4, 0.5) is 8.78 Å². The zero-order chi connectivity index (χ0) is 13.1. The Balaban J connectivity index is 2.24. The Labute approximate surface area is 109 Å². The number of aliphatic hydroxyl groups excluding tert-OH is 1. The lowest BCUT2D eigenvalue weighted by molar-refractivity contribution is 0.173. The first-order chi connectivity index (χ1) is 8.58. The Morgan fingerprint density at radius 1 is 1.11 bits per heavy atom. The van der Waals surface area contributed by atoms with Gasteiger partial charge in [0.2, 0.25) is 0 Å². The smallest absolute Gasteiger partial charge is 0.129 e. The van der Waals surface area contributed by atoms with Gasteiger partial charge in [-0.3, -0.25) is 0 Å². The van der Waals surface area contributed by atoms with Crippen molar-refractivity contribution in [2.24, 2.45) is 0 Å². The van der Waals surface area contributed by atoms with Crippen LogP contribution in [-0.2, 0) is 6.42 Å². The molecule has 0 saturated heterocycles. The summed E-state index contributed by atoms with van der Waals surface area (Å²) in [5.41, 5.74) is 0.630. The SMILES string of the molecule is OC(Cc1cc(F)ccc1Cl)c1ccccc1F. The largest absolute Gasteiger partial charge is 0.388 e. The summed E-state index contributed by atoms with van der Waals surface area (Å²) >= 11 is 5.90. The van der Waals surface area contributed by atoms with E-state index in [9.17, 15) is 13.9 Å². The van der Waals surface area contributed by atoms with Crippen molar-refractivity contribution in [3.8, 4) is 0 Å². The van der Waals surface area contributed by atoms with E-state index < -0.39 is 17.7 Å². The molecule has 0 aliphatic heterocycles. The molecule has 0 bridgehead atoms. The molecule has 0 aromatic heterocycles. The van der Waals surface area contributed by atoms with Crippen LogP contribution in [0.1, 0.15) is 17.2 Å². The van der Waals surface area contributed by atoms with Gasteiger partial charge in [-0.2, -0.15) is 0 Å². The number of halogens is 3. The maximum Gasteiger partial charge on any atom is 0.129 e. The first-order valence-electron chi connectivity index (χ1n) is 5.44. The Morgan fingerprint density at radius 2 is 1.83 bits per heavy atom. The Morgan fingerprint density at radius 3 is 2.56 bits per heavy atom. The molecule has 18 heavy (non-hydrogen) atoms. The number of rotatable bonds is 3. The van der Waals surface area contributed by atoms with Crippen LogP contribution in [-0.4, -0.2) is 5.11 Å². The summed E-state index contributed by atoms with van der Waals surface area (Å²) in [5, 5.41) is 10.3. The van der Waals surface area contributed by atoms with Crippen LogP contribution in [0.2, 0.25) is 5.02 Å². The van der Waals surface area contributed by atoms with E-state index in [4.69, 9.17) is 11.6 Å². The third-order valence-electron chi connectivity index (χ3n) is 2.69. The van der Waals surface area contributed by atoms with Gasteiger partial charge < -0.3 is 5.11 Å². The van der Waals surface area contributed by atoms with Gasteiger partial charge in [-0.1, -0.05) is 29.8 Å². The fourth-order valence-electron chi connectivity index (χ4n) is 1.76. The Bertz CT molecular complexity index is 557. The molecule has 0 fully saturated rings. The average molecular weight is 269 g/mol. The highest BCUT2D eigenvalue weighted by molar-refractivity contribution is 6.31. The molecule has 1 atom stereocenters. The van der Waals surface area contributed by atoms with E-state index in [0.29, 0.717) is 10.6 Å². The zero-order valence-electron chi connectivity index (χ0n) is 9.41. The van der Waals surface area contributed by atoms with Crippen molar-refractivity contribution in [1.29, 1.82) is 0 Å². The van der Waals surface area contributed by atoms with Gasteiger partial charge in [-0.05, 0) is 29.8 Å². The number of hydrogen-bond acceptors (Lipinski definition) is 1. The monoisotopic (exact) mass is 268 g/mol. The second kappa shape index (κ2) is 5.46. The van der Waals surface area contributed by atoms with Crippen LogP contribution >= 0.6 is 11.6 Å². The van der Waals surface area contributed by atoms with Gasteiger partial charge in [0.25, 0.3) is 0 Å². The Hall–Kier alpha value is -1.45. The van der Waals surface area contributed by atoms with E-state index >= 15 is 0 Å². The molecule has 0 amide bonds. The molecule has 0 spiro atoms. The molecular formula is C14H11ClF2O. The molecular weight excluding hydrogens is 258 g/mol. The number of hydrogen-bond donors (Lipinski definition) is 1. The number of benzene rings is 2. The van der Waals surface area contributed by atoms with Gasteiger partial charge >= 0.3 is 0 Å². The molecule has 0 saturated carbocycles. The van der Waals surface area contributed by atoms with Gasteiger partial charge in [0, 0.05) is 17.0 Å². The molecule has 0 aliphatic carbocycles. The van der Waals surface area contributed by atoms with Crippen LogP contribution in [0.15, 0.2) is 42.5 Å². The van der Waals surface area contributed by atoms with Crippen LogP contribution in [0.5, 0.6) is 0 Å². The minimum Gasteiger partial charge on any atom is -0.388 e. The van der Waals surface area contributed by atoms with Crippen LogP contribution in [0, 0.1) is 11.6 Å². The lowest BCUT2D eigenvalue weighted by Gasteiger charge is -2.13. The zero-order valence-corrected chi connectivity index (χ0v) is 10.2. The minimum absolute atomic E-state index is 0.0670. The highest BCUT2D eigenvalue weighted by Crippen LogP contribution is 2.25. The Kier molecular flexibility index (Phi) is 3.94. The predicted molar refractivity (Wildman–Crippen MR) is 66.5 cm³/mol. The van der Waals surface area contributed by atoms with Crippen LogP contribution in [0.25, 0.3) is 0 Å². The first kappa shape index (κ1) is 13.0. The maximum absolute atomic E-state index is 13.5. The van der Waals surface area contributed by atoms with Crippen molar-refractivity contribution in [2.75, 3.05) is 0 Å². The second-order valence-electron chi connectivity index (χ2n) is 3.98. The molecule has 1 N–H and O–H groups in total. The van der Waals surface area contributed by atoms with Crippen molar-refractivity contribution in [3.05, 3.63) is 70.2 Å². The van der Waals surface area contributed by atoms with Gasteiger partial charge in [0.05, 0.1) is 6.10 Å². The number of aliphatic hydroxyl groups is 1. The fourth-order valence-corrected chi connectivity index (χ4v) is 1.96. The molecule has 0 aliphatic rings. The molecule has 1 unspecified atom stereocenters. The van der Waals surface area contributed by atoms with Gasteiger partial charge in [0.15, 0.2) is 0 Å². The fraction of sp³-hybridized carbons (Fsp3) is 0.143. The summed E-state index contributed by atoms with van der Waals surface area (Å²) in [7, 11) is 0. The van der Waals surface area contributed by atoms with E-state index in [0.717, 1.165) is 0 Å². The molecule has 94 valence electrons. The first-order valence-corrected chi connectivity index (χ1v) is 5.82. The highest BCUT2D eigenvalue weighted by atomic mass is 35.5. The summed E-state index contributed by atoms with van der Waals surface area (Å²) in [6, 6.07) is 9.84. The summed E-state index contributed by atoms with van der Waals surface area (Å²) in [6.45, 7) is 0. The van der Waals surface area contributed by atoms with E-state index in [-0.39, 0.29) is 12.0 Å². The minimum atomic E-state index is -1.05. The summed E-state index contributed by atoms with van der Waals surface area (Å²) in [5.74, 6) is -0.923. The summed E-state index contributed by atoms with van der Waals surface area (Å²) in [6.07, 6.45) is -0.983. The third-order valence-corrected chi connectivity index (χ3v) is 3.05. The molecule has 4 heteroatoms. The predicted octanol–water partition coefficient (Wildman–Crippen LogP) is 3.89. The van der Waals surface area contributed by atoms with Crippen molar-refractivity contribution in [3.63, 3.8) is 0 Å². The van der Waals surface area contributed by atoms with Gasteiger partial charge in [-0.25, -0.2) is 8.78 Å². The third kappa shape index (κ3) is 2.86. The lowest BCUT2D eigenvalue weighted by Crippen LogP contribution is -2.05. The topological polar surface area (TPSA) is 20.2 Å². The molecule has 2 aromatic rings. The van der Waals surface area contributed by atoms with Crippen molar-refractivity contribution < 1.29 is 13.9 Å². The van der Waals surface area contributed by atoms with Gasteiger partial charge in [0.1, 0.15) is 11.6 Å². The van der Waals surface area contributed by atoms with Crippen molar-refractivity contribution >= 4 is 11.6 Å². The van der Waals surface area contributed by atoms with Crippen LogP contribution < -0.4 is 0 Å². The highest BCUT2D eigenvalue weighted by Gasteiger charge is 2.14. The van der Waals surface area contributed by atoms with E-state index in [1.165, 1.54) is 30.3 Å². The maximum atomic E-state index is 13.5. The molecule has 0 radical (unpaired) electrons. The molecule has 2 rings (SSSR count). The standard InChI is InChI=1S/C14H11ClF2O/c15-12-6-5-10(16)7-9(12)8-14(18)11-3-1-2-4-13(11)17/h1-7,14,18H,8H2. The normalized spacial score (nSPS) is 12.4. The average Bonchev–Trinajstić information content (AvgIpc) is 2.34. The lowest BCUT2D eigenvalue weighted by atomic mass is 10.0. The van der Waals surface area contributed by atoms with Crippen molar-refractivity contribution in [2.45, 2.75) is 12.5 Å². The molecule has 0 heterocycles. The summed E-state index contributed by atoms with van der Waals surface area (Å²) in [4.78, 5) is 0. The van der Waals surface area contributed by atoms with Gasteiger partial charge in [-0.15, -0.1) is 0 Å². The van der Waals surface area contributed by atoms with Crippen LogP contribution in [0.3, 0.4) is 0 Å². The summed E-state index contributed by atoms with van der Waals surface area (Å²) < 4.78 is 26.5. The van der Waals surface area contributed by atoms with E-state index in [2.05, 4.69) is 0 Å². The molecule has 1 nitrogen and oxygen atoms in total.